The molecule has 1 aromatic heterocycles. The van der Waals surface area contributed by atoms with Gasteiger partial charge in [0.15, 0.2) is 0 Å². The molecule has 1 aromatic rings. The quantitative estimate of drug-likeness (QED) is 0.444. The van der Waals surface area contributed by atoms with Crippen molar-refractivity contribution in [2.24, 2.45) is 0 Å². The van der Waals surface area contributed by atoms with Gasteiger partial charge in [-0.25, -0.2) is 9.97 Å². The molecule has 84 valence electrons. The summed E-state index contributed by atoms with van der Waals surface area (Å²) in [4.78, 5) is 10.6. The highest BCUT2D eigenvalue weighted by molar-refractivity contribution is 7.99. The summed E-state index contributed by atoms with van der Waals surface area (Å²) in [5, 5.41) is 0.925. The Balaban J connectivity index is 2.06. The minimum atomic E-state index is 0.638. The van der Waals surface area contributed by atoms with E-state index in [1.165, 1.54) is 0 Å². The van der Waals surface area contributed by atoms with Crippen LogP contribution in [0.1, 0.15) is 0 Å². The molecule has 4 nitrogen and oxygen atoms in total. The lowest BCUT2D eigenvalue weighted by Crippen LogP contribution is -2.36. The largest absolute Gasteiger partial charge is 0.378 e. The number of aromatic nitrogens is 2. The number of anilines is 1. The summed E-state index contributed by atoms with van der Waals surface area (Å²) in [6, 6.07) is 1.98. The van der Waals surface area contributed by atoms with Crippen molar-refractivity contribution >= 4 is 17.6 Å². The molecule has 2 heterocycles. The van der Waals surface area contributed by atoms with E-state index >= 15 is 0 Å². The molecule has 0 atom stereocenters. The van der Waals surface area contributed by atoms with E-state index in [1.807, 2.05) is 6.07 Å². The third kappa shape index (κ3) is 2.87. The molecular weight excluding hydrogens is 222 g/mol. The second kappa shape index (κ2) is 5.73. The Morgan fingerprint density at radius 1 is 1.44 bits per heavy atom. The third-order valence-corrected chi connectivity index (χ3v) is 3.10. The predicted molar refractivity (Wildman–Crippen MR) is 64.6 cm³/mol. The number of ether oxygens (including phenoxy) is 1. The van der Waals surface area contributed by atoms with Crippen molar-refractivity contribution in [1.29, 1.82) is 0 Å². The van der Waals surface area contributed by atoms with E-state index in [1.54, 1.807) is 18.1 Å². The van der Waals surface area contributed by atoms with Crippen molar-refractivity contribution in [3.8, 4) is 12.3 Å². The zero-order valence-corrected chi connectivity index (χ0v) is 9.74. The molecule has 0 amide bonds. The first-order valence-electron chi connectivity index (χ1n) is 5.11. The maximum atomic E-state index is 5.30. The molecule has 0 radical (unpaired) electrons. The van der Waals surface area contributed by atoms with Gasteiger partial charge in [-0.15, -0.1) is 6.42 Å². The van der Waals surface area contributed by atoms with Crippen LogP contribution < -0.4 is 4.90 Å². The maximum absolute atomic E-state index is 5.30. The van der Waals surface area contributed by atoms with Gasteiger partial charge in [-0.2, -0.15) is 0 Å². The number of thioether (sulfide) groups is 1. The Labute approximate surface area is 99.4 Å². The number of rotatable bonds is 3. The molecule has 0 aromatic carbocycles. The lowest BCUT2D eigenvalue weighted by Gasteiger charge is -2.27. The molecule has 0 spiro atoms. The van der Waals surface area contributed by atoms with Crippen LogP contribution in [0.5, 0.6) is 0 Å². The second-order valence-corrected chi connectivity index (χ2v) is 4.30. The van der Waals surface area contributed by atoms with Crippen LogP contribution in [0.15, 0.2) is 17.4 Å². The molecule has 5 heteroatoms. The smallest absolute Gasteiger partial charge is 0.133 e. The van der Waals surface area contributed by atoms with E-state index in [2.05, 4.69) is 20.8 Å². The van der Waals surface area contributed by atoms with Gasteiger partial charge in [0.1, 0.15) is 17.2 Å². The van der Waals surface area contributed by atoms with Crippen LogP contribution in [0.4, 0.5) is 5.82 Å². The molecule has 0 aliphatic carbocycles. The fourth-order valence-corrected chi connectivity index (χ4v) is 2.03. The Morgan fingerprint density at radius 2 is 2.25 bits per heavy atom. The van der Waals surface area contributed by atoms with Crippen molar-refractivity contribution < 1.29 is 4.74 Å². The van der Waals surface area contributed by atoms with Gasteiger partial charge in [0.25, 0.3) is 0 Å². The summed E-state index contributed by atoms with van der Waals surface area (Å²) in [5.41, 5.74) is 0. The van der Waals surface area contributed by atoms with Crippen LogP contribution in [-0.4, -0.2) is 42.0 Å². The summed E-state index contributed by atoms with van der Waals surface area (Å²) in [6.45, 7) is 3.29. The number of hydrogen-bond donors (Lipinski definition) is 0. The summed E-state index contributed by atoms with van der Waals surface area (Å²) >= 11 is 1.55. The van der Waals surface area contributed by atoms with E-state index in [0.717, 1.165) is 37.1 Å². The number of morpholine rings is 1. The summed E-state index contributed by atoms with van der Waals surface area (Å²) < 4.78 is 5.30. The average molecular weight is 235 g/mol. The van der Waals surface area contributed by atoms with Crippen LogP contribution in [0.25, 0.3) is 0 Å². The molecule has 1 aliphatic heterocycles. The zero-order valence-electron chi connectivity index (χ0n) is 8.93. The molecule has 2 rings (SSSR count). The fourth-order valence-electron chi connectivity index (χ4n) is 1.49. The molecule has 1 fully saturated rings. The highest BCUT2D eigenvalue weighted by Crippen LogP contribution is 2.19. The maximum Gasteiger partial charge on any atom is 0.133 e. The second-order valence-electron chi connectivity index (χ2n) is 3.31. The molecule has 0 N–H and O–H groups in total. The first-order valence-corrected chi connectivity index (χ1v) is 6.10. The van der Waals surface area contributed by atoms with Crippen molar-refractivity contribution in [3.63, 3.8) is 0 Å². The SMILES string of the molecule is C#CCSc1cc(N2CCOCC2)ncn1. The van der Waals surface area contributed by atoms with E-state index in [-0.39, 0.29) is 0 Å². The molecule has 1 saturated heterocycles. The van der Waals surface area contributed by atoms with Gasteiger partial charge < -0.3 is 9.64 Å². The van der Waals surface area contributed by atoms with Crippen molar-refractivity contribution in [2.45, 2.75) is 5.03 Å². The molecule has 16 heavy (non-hydrogen) atoms. The number of terminal acetylenes is 1. The van der Waals surface area contributed by atoms with Crippen LogP contribution >= 0.6 is 11.8 Å². The molecular formula is C11H13N3OS. The van der Waals surface area contributed by atoms with Gasteiger partial charge in [-0.3, -0.25) is 0 Å². The normalized spacial score (nSPS) is 15.8. The first kappa shape index (κ1) is 11.2. The molecule has 1 aliphatic rings. The van der Waals surface area contributed by atoms with E-state index in [4.69, 9.17) is 11.2 Å². The lowest BCUT2D eigenvalue weighted by molar-refractivity contribution is 0.122. The van der Waals surface area contributed by atoms with Crippen molar-refractivity contribution in [2.75, 3.05) is 37.0 Å². The topological polar surface area (TPSA) is 38.2 Å². The van der Waals surface area contributed by atoms with E-state index < -0.39 is 0 Å². The minimum Gasteiger partial charge on any atom is -0.378 e. The standard InChI is InChI=1S/C11H13N3OS/c1-2-7-16-11-8-10(12-9-13-11)14-3-5-15-6-4-14/h1,8-9H,3-7H2. The number of hydrogen-bond acceptors (Lipinski definition) is 5. The third-order valence-electron chi connectivity index (χ3n) is 2.27. The van der Waals surface area contributed by atoms with Gasteiger partial charge in [-0.05, 0) is 0 Å². The van der Waals surface area contributed by atoms with Gasteiger partial charge in [0.2, 0.25) is 0 Å². The van der Waals surface area contributed by atoms with E-state index in [9.17, 15) is 0 Å². The first-order chi connectivity index (χ1) is 7.90. The molecule has 0 bridgehead atoms. The molecule has 0 saturated carbocycles. The molecule has 0 unspecified atom stereocenters. The highest BCUT2D eigenvalue weighted by atomic mass is 32.2. The zero-order chi connectivity index (χ0) is 11.2. The minimum absolute atomic E-state index is 0.638. The Morgan fingerprint density at radius 3 is 3.00 bits per heavy atom. The van der Waals surface area contributed by atoms with Crippen molar-refractivity contribution in [1.82, 2.24) is 9.97 Å². The Hall–Kier alpha value is -1.25. The van der Waals surface area contributed by atoms with Crippen LogP contribution in [0.2, 0.25) is 0 Å². The van der Waals surface area contributed by atoms with Gasteiger partial charge in [-0.1, -0.05) is 17.7 Å². The van der Waals surface area contributed by atoms with Gasteiger partial charge in [0, 0.05) is 19.2 Å². The monoisotopic (exact) mass is 235 g/mol. The lowest BCUT2D eigenvalue weighted by atomic mass is 10.4. The Kier molecular flexibility index (Phi) is 4.03. The highest BCUT2D eigenvalue weighted by Gasteiger charge is 2.12. The van der Waals surface area contributed by atoms with Gasteiger partial charge >= 0.3 is 0 Å². The average Bonchev–Trinajstić information content (AvgIpc) is 2.38. The van der Waals surface area contributed by atoms with Crippen LogP contribution in [0, 0.1) is 12.3 Å². The van der Waals surface area contributed by atoms with Crippen LogP contribution in [0.3, 0.4) is 0 Å². The summed E-state index contributed by atoms with van der Waals surface area (Å²) in [6.07, 6.45) is 6.80. The Bertz CT molecular complexity index is 385. The number of nitrogens with zero attached hydrogens (tertiary/aromatic N) is 3. The summed E-state index contributed by atoms with van der Waals surface area (Å²) in [5.74, 6) is 4.18. The van der Waals surface area contributed by atoms with E-state index in [0.29, 0.717) is 5.75 Å². The van der Waals surface area contributed by atoms with Gasteiger partial charge in [0.05, 0.1) is 19.0 Å². The van der Waals surface area contributed by atoms with Crippen molar-refractivity contribution in [3.05, 3.63) is 12.4 Å². The van der Waals surface area contributed by atoms with Crippen LogP contribution in [-0.2, 0) is 4.74 Å². The fraction of sp³-hybridized carbons (Fsp3) is 0.455. The summed E-state index contributed by atoms with van der Waals surface area (Å²) in [7, 11) is 0. The predicted octanol–water partition coefficient (Wildman–Crippen LogP) is 1.04.